The third-order valence-corrected chi connectivity index (χ3v) is 7.24. The Morgan fingerprint density at radius 3 is 2.09 bits per heavy atom. The van der Waals surface area contributed by atoms with Gasteiger partial charge < -0.3 is 10.2 Å². The number of hydrogen-bond donors (Lipinski definition) is 1. The van der Waals surface area contributed by atoms with Crippen LogP contribution < -0.4 is 9.62 Å². The summed E-state index contributed by atoms with van der Waals surface area (Å²) in [5.41, 5.74) is 2.80. The summed E-state index contributed by atoms with van der Waals surface area (Å²) >= 11 is 12.2. The first-order valence-electron chi connectivity index (χ1n) is 11.3. The minimum Gasteiger partial charge on any atom is -0.354 e. The fourth-order valence-corrected chi connectivity index (χ4v) is 4.73. The van der Waals surface area contributed by atoms with Crippen molar-refractivity contribution in [3.63, 3.8) is 0 Å². The molecule has 10 heteroatoms. The lowest BCUT2D eigenvalue weighted by molar-refractivity contribution is -0.139. The molecule has 0 radical (unpaired) electrons. The molecule has 0 aromatic heterocycles. The summed E-state index contributed by atoms with van der Waals surface area (Å²) in [4.78, 5) is 27.8. The van der Waals surface area contributed by atoms with Crippen LogP contribution in [0.25, 0.3) is 0 Å². The van der Waals surface area contributed by atoms with Gasteiger partial charge in [0.25, 0.3) is 0 Å². The highest BCUT2D eigenvalue weighted by Gasteiger charge is 2.30. The zero-order valence-electron chi connectivity index (χ0n) is 20.9. The van der Waals surface area contributed by atoms with Crippen LogP contribution in [0.15, 0.2) is 36.4 Å². The normalized spacial score (nSPS) is 12.4. The van der Waals surface area contributed by atoms with E-state index in [1.807, 2.05) is 33.8 Å². The molecule has 7 nitrogen and oxygen atoms in total. The van der Waals surface area contributed by atoms with Gasteiger partial charge in [0, 0.05) is 13.1 Å². The van der Waals surface area contributed by atoms with Crippen molar-refractivity contribution in [2.45, 2.75) is 47.2 Å². The molecule has 1 atom stereocenters. The first-order valence-corrected chi connectivity index (χ1v) is 13.9. The second-order valence-electron chi connectivity index (χ2n) is 9.20. The predicted octanol–water partition coefficient (Wildman–Crippen LogP) is 4.57. The lowest BCUT2D eigenvalue weighted by Crippen LogP contribution is -2.51. The number of nitrogens with zero attached hydrogens (tertiary/aromatic N) is 2. The van der Waals surface area contributed by atoms with E-state index in [4.69, 9.17) is 23.2 Å². The summed E-state index contributed by atoms with van der Waals surface area (Å²) in [6, 6.07) is 9.45. The number of benzene rings is 2. The van der Waals surface area contributed by atoms with Gasteiger partial charge in [-0.2, -0.15) is 0 Å². The zero-order valence-corrected chi connectivity index (χ0v) is 23.3. The molecule has 0 fully saturated rings. The number of hydrogen-bond acceptors (Lipinski definition) is 4. The maximum absolute atomic E-state index is 13.6. The smallest absolute Gasteiger partial charge is 0.244 e. The molecule has 0 bridgehead atoms. The fourth-order valence-electron chi connectivity index (χ4n) is 3.58. The number of rotatable bonds is 10. The van der Waals surface area contributed by atoms with E-state index in [9.17, 15) is 18.0 Å². The Hall–Kier alpha value is -2.29. The van der Waals surface area contributed by atoms with Gasteiger partial charge in [0.15, 0.2) is 0 Å². The number of halogens is 2. The molecule has 0 aliphatic carbocycles. The molecule has 2 aromatic rings. The second-order valence-corrected chi connectivity index (χ2v) is 11.9. The van der Waals surface area contributed by atoms with Crippen molar-refractivity contribution in [3.8, 4) is 0 Å². The molecule has 0 spiro atoms. The number of amides is 2. The summed E-state index contributed by atoms with van der Waals surface area (Å²) in [6.45, 7) is 9.33. The van der Waals surface area contributed by atoms with Gasteiger partial charge in [0.05, 0.1) is 22.0 Å². The van der Waals surface area contributed by atoms with Gasteiger partial charge in [-0.1, -0.05) is 49.2 Å². The van der Waals surface area contributed by atoms with Crippen LogP contribution in [0.5, 0.6) is 0 Å². The van der Waals surface area contributed by atoms with E-state index >= 15 is 0 Å². The monoisotopic (exact) mass is 541 g/mol. The van der Waals surface area contributed by atoms with Crippen LogP contribution in [0.1, 0.15) is 37.5 Å². The first-order chi connectivity index (χ1) is 16.2. The Morgan fingerprint density at radius 2 is 1.57 bits per heavy atom. The molecule has 192 valence electrons. The van der Waals surface area contributed by atoms with Crippen LogP contribution in [0, 0.1) is 19.8 Å². The summed E-state index contributed by atoms with van der Waals surface area (Å²) in [5.74, 6) is -0.618. The molecule has 35 heavy (non-hydrogen) atoms. The molecule has 0 saturated heterocycles. The van der Waals surface area contributed by atoms with E-state index in [-0.39, 0.29) is 18.4 Å². The summed E-state index contributed by atoms with van der Waals surface area (Å²) in [5, 5.41) is 3.53. The molecule has 0 aliphatic heterocycles. The van der Waals surface area contributed by atoms with E-state index in [2.05, 4.69) is 5.32 Å². The Morgan fingerprint density at radius 1 is 0.971 bits per heavy atom. The topological polar surface area (TPSA) is 86.8 Å². The molecule has 0 aliphatic rings. The van der Waals surface area contributed by atoms with E-state index in [0.29, 0.717) is 27.8 Å². The Balaban J connectivity index is 2.42. The van der Waals surface area contributed by atoms with Crippen molar-refractivity contribution in [2.75, 3.05) is 23.7 Å². The maximum Gasteiger partial charge on any atom is 0.244 e. The minimum absolute atomic E-state index is 0.0520. The third kappa shape index (κ3) is 8.40. The van der Waals surface area contributed by atoms with Gasteiger partial charge in [-0.05, 0) is 67.6 Å². The molecule has 2 aromatic carbocycles. The Kier molecular flexibility index (Phi) is 10.0. The van der Waals surface area contributed by atoms with E-state index < -0.39 is 28.5 Å². The third-order valence-electron chi connectivity index (χ3n) is 5.36. The van der Waals surface area contributed by atoms with Gasteiger partial charge in [-0.3, -0.25) is 13.9 Å². The summed E-state index contributed by atoms with van der Waals surface area (Å²) in [7, 11) is -3.79. The average Bonchev–Trinajstić information content (AvgIpc) is 2.74. The van der Waals surface area contributed by atoms with Crippen LogP contribution in [0.2, 0.25) is 10.0 Å². The average molecular weight is 543 g/mol. The van der Waals surface area contributed by atoms with Gasteiger partial charge in [0.1, 0.15) is 12.6 Å². The van der Waals surface area contributed by atoms with Gasteiger partial charge in [-0.25, -0.2) is 8.42 Å². The summed E-state index contributed by atoms with van der Waals surface area (Å²) in [6.07, 6.45) is 1.06. The van der Waals surface area contributed by atoms with Crippen molar-refractivity contribution < 1.29 is 18.0 Å². The molecule has 1 N–H and O–H groups in total. The number of carbonyl (C=O) groups excluding carboxylic acids is 2. The quantitative estimate of drug-likeness (QED) is 0.477. The molecular formula is C25H33Cl2N3O4S. The zero-order chi connectivity index (χ0) is 26.5. The number of carbonyl (C=O) groups is 2. The Bertz CT molecular complexity index is 1160. The lowest BCUT2D eigenvalue weighted by atomic mass is 10.1. The lowest BCUT2D eigenvalue weighted by Gasteiger charge is -2.32. The molecule has 0 heterocycles. The van der Waals surface area contributed by atoms with Crippen LogP contribution in [0.3, 0.4) is 0 Å². The van der Waals surface area contributed by atoms with Crippen molar-refractivity contribution in [2.24, 2.45) is 5.92 Å². The Labute approximate surface area is 218 Å². The van der Waals surface area contributed by atoms with Gasteiger partial charge >= 0.3 is 0 Å². The van der Waals surface area contributed by atoms with E-state index in [1.54, 1.807) is 37.3 Å². The molecule has 0 saturated carbocycles. The van der Waals surface area contributed by atoms with Gasteiger partial charge in [-0.15, -0.1) is 0 Å². The second kappa shape index (κ2) is 12.1. The van der Waals surface area contributed by atoms with Crippen molar-refractivity contribution >= 4 is 50.7 Å². The largest absolute Gasteiger partial charge is 0.354 e. The first kappa shape index (κ1) is 28.9. The molecule has 0 unspecified atom stereocenters. The molecule has 2 rings (SSSR count). The highest BCUT2D eigenvalue weighted by atomic mass is 35.5. The van der Waals surface area contributed by atoms with Crippen LogP contribution in [0.4, 0.5) is 5.69 Å². The SMILES string of the molecule is Cc1cc(C)cc(N(CC(=O)N(Cc2ccc(Cl)c(Cl)c2)[C@@H](C)C(=O)NCC(C)C)S(C)(=O)=O)c1. The van der Waals surface area contributed by atoms with Crippen LogP contribution >= 0.6 is 23.2 Å². The van der Waals surface area contributed by atoms with Crippen LogP contribution in [-0.2, 0) is 26.2 Å². The summed E-state index contributed by atoms with van der Waals surface area (Å²) < 4.78 is 26.4. The van der Waals surface area contributed by atoms with E-state index in [0.717, 1.165) is 21.7 Å². The van der Waals surface area contributed by atoms with Crippen molar-refractivity contribution in [1.82, 2.24) is 10.2 Å². The predicted molar refractivity (Wildman–Crippen MR) is 142 cm³/mol. The van der Waals surface area contributed by atoms with Crippen LogP contribution in [-0.4, -0.2) is 50.5 Å². The van der Waals surface area contributed by atoms with E-state index in [1.165, 1.54) is 4.90 Å². The highest BCUT2D eigenvalue weighted by Crippen LogP contribution is 2.25. The maximum atomic E-state index is 13.6. The number of nitrogens with one attached hydrogen (secondary N) is 1. The number of sulfonamides is 1. The van der Waals surface area contributed by atoms with Crippen molar-refractivity contribution in [3.05, 3.63) is 63.1 Å². The standard InChI is InChI=1S/C25H33Cl2N3O4S/c1-16(2)13-28-25(32)19(5)29(14-20-7-8-22(26)23(27)12-20)24(31)15-30(35(6,33)34)21-10-17(3)9-18(4)11-21/h7-12,16,19H,13-15H2,1-6H3,(H,28,32)/t19-/m0/s1. The minimum atomic E-state index is -3.79. The fraction of sp³-hybridized carbons (Fsp3) is 0.440. The molecule has 2 amide bonds. The van der Waals surface area contributed by atoms with Gasteiger partial charge in [0.2, 0.25) is 21.8 Å². The number of aryl methyl sites for hydroxylation is 2. The molecular weight excluding hydrogens is 509 g/mol. The number of anilines is 1. The highest BCUT2D eigenvalue weighted by molar-refractivity contribution is 7.92. The van der Waals surface area contributed by atoms with Crippen molar-refractivity contribution in [1.29, 1.82) is 0 Å².